The number of ether oxygens (including phenoxy) is 1. The first-order valence-electron chi connectivity index (χ1n) is 11.1. The largest absolute Gasteiger partial charge is 0.375 e. The molecule has 1 aromatic heterocycles. The molecule has 0 radical (unpaired) electrons. The molecule has 1 spiro atoms. The van der Waals surface area contributed by atoms with Crippen molar-refractivity contribution in [3.8, 4) is 0 Å². The Morgan fingerprint density at radius 2 is 1.97 bits per heavy atom. The van der Waals surface area contributed by atoms with Gasteiger partial charge in [-0.05, 0) is 50.2 Å². The summed E-state index contributed by atoms with van der Waals surface area (Å²) < 4.78 is 5.79. The van der Waals surface area contributed by atoms with Crippen molar-refractivity contribution in [1.29, 1.82) is 0 Å². The van der Waals surface area contributed by atoms with Gasteiger partial charge in [0.2, 0.25) is 0 Å². The number of rotatable bonds is 5. The molecule has 0 unspecified atom stereocenters. The van der Waals surface area contributed by atoms with Gasteiger partial charge in [0.1, 0.15) is 11.6 Å². The van der Waals surface area contributed by atoms with Crippen LogP contribution in [0.1, 0.15) is 62.7 Å². The molecule has 0 aliphatic carbocycles. The molecule has 0 bridgehead atoms. The first kappa shape index (κ1) is 20.3. The first-order chi connectivity index (χ1) is 14.0. The van der Waals surface area contributed by atoms with Gasteiger partial charge in [0.25, 0.3) is 5.91 Å². The number of Topliss-reactive ketones (excluding diaryl/α,β-unsaturated/α-hetero) is 1. The smallest absolute Gasteiger partial charge is 0.255 e. The van der Waals surface area contributed by atoms with Crippen LogP contribution in [0.3, 0.4) is 0 Å². The Balaban J connectivity index is 1.34. The highest BCUT2D eigenvalue weighted by Crippen LogP contribution is 2.37. The molecular weight excluding hydrogens is 366 g/mol. The maximum atomic E-state index is 13.0. The molecule has 1 atom stereocenters. The molecule has 6 nitrogen and oxygen atoms in total. The fourth-order valence-corrected chi connectivity index (χ4v) is 4.80. The first-order valence-corrected chi connectivity index (χ1v) is 11.1. The number of amides is 1. The zero-order valence-corrected chi connectivity index (χ0v) is 17.7. The average Bonchev–Trinajstić information content (AvgIpc) is 2.72. The maximum Gasteiger partial charge on any atom is 0.255 e. The molecule has 0 aromatic carbocycles. The predicted molar refractivity (Wildman–Crippen MR) is 112 cm³/mol. The van der Waals surface area contributed by atoms with Crippen LogP contribution in [-0.4, -0.2) is 60.0 Å². The summed E-state index contributed by atoms with van der Waals surface area (Å²) in [4.78, 5) is 34.1. The number of piperidine rings is 2. The van der Waals surface area contributed by atoms with E-state index in [9.17, 15) is 9.59 Å². The molecule has 4 heterocycles. The van der Waals surface area contributed by atoms with E-state index < -0.39 is 0 Å². The molecule has 3 aliphatic heterocycles. The van der Waals surface area contributed by atoms with Crippen molar-refractivity contribution in [1.82, 2.24) is 9.88 Å². The van der Waals surface area contributed by atoms with Crippen LogP contribution in [-0.2, 0) is 9.53 Å². The van der Waals surface area contributed by atoms with Gasteiger partial charge >= 0.3 is 0 Å². The van der Waals surface area contributed by atoms with Crippen molar-refractivity contribution in [3.63, 3.8) is 0 Å². The molecule has 6 heteroatoms. The summed E-state index contributed by atoms with van der Waals surface area (Å²) >= 11 is 0. The molecule has 3 saturated heterocycles. The summed E-state index contributed by atoms with van der Waals surface area (Å²) in [5.74, 6) is 1.57. The fourth-order valence-electron chi connectivity index (χ4n) is 4.80. The van der Waals surface area contributed by atoms with E-state index in [-0.39, 0.29) is 17.4 Å². The third-order valence-electron chi connectivity index (χ3n) is 6.73. The Bertz CT molecular complexity index is 732. The molecule has 158 valence electrons. The Labute approximate surface area is 173 Å². The van der Waals surface area contributed by atoms with Gasteiger partial charge in [-0.1, -0.05) is 13.8 Å². The van der Waals surface area contributed by atoms with Gasteiger partial charge in [0.05, 0.1) is 17.8 Å². The minimum Gasteiger partial charge on any atom is -0.375 e. The second-order valence-electron chi connectivity index (χ2n) is 9.33. The number of aromatic nitrogens is 1. The molecule has 29 heavy (non-hydrogen) atoms. The molecular formula is C23H33N3O3. The van der Waals surface area contributed by atoms with Crippen LogP contribution in [0.5, 0.6) is 0 Å². The molecule has 0 N–H and O–H groups in total. The van der Waals surface area contributed by atoms with Gasteiger partial charge in [-0.3, -0.25) is 9.59 Å². The summed E-state index contributed by atoms with van der Waals surface area (Å²) in [7, 11) is 0. The van der Waals surface area contributed by atoms with Gasteiger partial charge in [-0.2, -0.15) is 0 Å². The second-order valence-corrected chi connectivity index (χ2v) is 9.33. The maximum absolute atomic E-state index is 13.0. The van der Waals surface area contributed by atoms with Crippen LogP contribution < -0.4 is 4.90 Å². The van der Waals surface area contributed by atoms with Crippen LogP contribution in [0, 0.1) is 11.8 Å². The molecule has 3 fully saturated rings. The third kappa shape index (κ3) is 4.47. The lowest BCUT2D eigenvalue weighted by Gasteiger charge is -2.47. The SMILES string of the molecule is CC(C)CC(=O)[C@@H]1CCCN(C(=O)c2ccc(N3CCC4(CCO4)CC3)nc2)C1. The van der Waals surface area contributed by atoms with Crippen molar-refractivity contribution in [2.24, 2.45) is 11.8 Å². The number of carbonyl (C=O) groups excluding carboxylic acids is 2. The topological polar surface area (TPSA) is 62.7 Å². The lowest BCUT2D eigenvalue weighted by Crippen LogP contribution is -2.52. The summed E-state index contributed by atoms with van der Waals surface area (Å²) in [6, 6.07) is 3.84. The lowest BCUT2D eigenvalue weighted by atomic mass is 9.84. The van der Waals surface area contributed by atoms with E-state index in [1.807, 2.05) is 17.0 Å². The number of hydrogen-bond donors (Lipinski definition) is 0. The van der Waals surface area contributed by atoms with E-state index in [1.165, 1.54) is 6.42 Å². The van der Waals surface area contributed by atoms with E-state index in [2.05, 4.69) is 23.7 Å². The normalized spacial score (nSPS) is 23.9. The van der Waals surface area contributed by atoms with Crippen molar-refractivity contribution < 1.29 is 14.3 Å². The van der Waals surface area contributed by atoms with Crippen LogP contribution in [0.2, 0.25) is 0 Å². The van der Waals surface area contributed by atoms with Crippen LogP contribution in [0.15, 0.2) is 18.3 Å². The number of likely N-dealkylation sites (tertiary alicyclic amines) is 1. The van der Waals surface area contributed by atoms with Crippen LogP contribution >= 0.6 is 0 Å². The summed E-state index contributed by atoms with van der Waals surface area (Å²) in [5, 5.41) is 0. The van der Waals surface area contributed by atoms with Gasteiger partial charge in [0.15, 0.2) is 0 Å². The Morgan fingerprint density at radius 3 is 2.55 bits per heavy atom. The molecule has 1 aromatic rings. The quantitative estimate of drug-likeness (QED) is 0.760. The summed E-state index contributed by atoms with van der Waals surface area (Å²) in [6.45, 7) is 8.20. The number of hydrogen-bond acceptors (Lipinski definition) is 5. The highest BCUT2D eigenvalue weighted by atomic mass is 16.5. The molecule has 3 aliphatic rings. The average molecular weight is 400 g/mol. The highest BCUT2D eigenvalue weighted by molar-refractivity contribution is 5.94. The minimum absolute atomic E-state index is 0.00781. The van der Waals surface area contributed by atoms with Gasteiger partial charge < -0.3 is 14.5 Å². The van der Waals surface area contributed by atoms with Gasteiger partial charge in [0, 0.05) is 44.7 Å². The lowest BCUT2D eigenvalue weighted by molar-refractivity contribution is -0.158. The fraction of sp³-hybridized carbons (Fsp3) is 0.696. The van der Waals surface area contributed by atoms with Gasteiger partial charge in [-0.15, -0.1) is 0 Å². The van der Waals surface area contributed by atoms with E-state index in [0.29, 0.717) is 30.2 Å². The van der Waals surface area contributed by atoms with Crippen LogP contribution in [0.25, 0.3) is 0 Å². The Kier molecular flexibility index (Phi) is 5.91. The molecule has 1 amide bonds. The number of pyridine rings is 1. The van der Waals surface area contributed by atoms with Crippen molar-refractivity contribution in [2.45, 2.75) is 58.0 Å². The Morgan fingerprint density at radius 1 is 1.21 bits per heavy atom. The summed E-state index contributed by atoms with van der Waals surface area (Å²) in [6.07, 6.45) is 7.37. The zero-order valence-electron chi connectivity index (χ0n) is 17.7. The Hall–Kier alpha value is -1.95. The zero-order chi connectivity index (χ0) is 20.4. The number of anilines is 1. The molecule has 4 rings (SSSR count). The highest BCUT2D eigenvalue weighted by Gasteiger charge is 2.41. The van der Waals surface area contributed by atoms with Crippen molar-refractivity contribution in [3.05, 3.63) is 23.9 Å². The van der Waals surface area contributed by atoms with Crippen molar-refractivity contribution >= 4 is 17.5 Å². The summed E-state index contributed by atoms with van der Waals surface area (Å²) in [5.41, 5.74) is 0.742. The number of nitrogens with zero attached hydrogens (tertiary/aromatic N) is 3. The van der Waals surface area contributed by atoms with Crippen molar-refractivity contribution in [2.75, 3.05) is 37.7 Å². The van der Waals surface area contributed by atoms with E-state index in [4.69, 9.17) is 4.74 Å². The standard InChI is InChI=1S/C23H33N3O3/c1-17(2)14-20(27)19-4-3-10-26(16-19)22(28)18-5-6-21(24-15-18)25-11-7-23(8-12-25)9-13-29-23/h5-6,15,17,19H,3-4,7-14,16H2,1-2H3/t19-/m1/s1. The monoisotopic (exact) mass is 399 g/mol. The minimum atomic E-state index is -0.0169. The van der Waals surface area contributed by atoms with Gasteiger partial charge in [-0.25, -0.2) is 4.98 Å². The predicted octanol–water partition coefficient (Wildman–Crippen LogP) is 3.31. The number of ketones is 1. The van der Waals surface area contributed by atoms with Crippen LogP contribution in [0.4, 0.5) is 5.82 Å². The van der Waals surface area contributed by atoms with E-state index in [1.54, 1.807) is 6.20 Å². The van der Waals surface area contributed by atoms with E-state index >= 15 is 0 Å². The second kappa shape index (κ2) is 8.42. The number of carbonyl (C=O) groups is 2. The molecule has 0 saturated carbocycles. The third-order valence-corrected chi connectivity index (χ3v) is 6.73. The van der Waals surface area contributed by atoms with E-state index in [0.717, 1.165) is 57.7 Å².